The Hall–Kier alpha value is -0.696. The Balaban J connectivity index is 2.37. The third kappa shape index (κ3) is 5.63. The van der Waals surface area contributed by atoms with Crippen LogP contribution in [0.25, 0.3) is 0 Å². The fourth-order valence-corrected chi connectivity index (χ4v) is 8.29. The summed E-state index contributed by atoms with van der Waals surface area (Å²) in [5, 5.41) is 0.0798. The highest BCUT2D eigenvalue weighted by Gasteiger charge is 2.59. The number of carbonyl (C=O) groups excluding carboxylic acids is 1. The predicted octanol–water partition coefficient (Wildman–Crippen LogP) is 4.85. The molecule has 0 aromatic heterocycles. The molecule has 0 unspecified atom stereocenters. The summed E-state index contributed by atoms with van der Waals surface area (Å²) in [5.74, 6) is 3.82. The minimum Gasteiger partial charge on any atom is -0.459 e. The van der Waals surface area contributed by atoms with Gasteiger partial charge >= 0.3 is 5.97 Å². The van der Waals surface area contributed by atoms with Gasteiger partial charge in [-0.25, -0.2) is 4.79 Å². The maximum atomic E-state index is 11.8. The van der Waals surface area contributed by atoms with Crippen molar-refractivity contribution >= 4 is 22.6 Å². The molecule has 0 aromatic carbocycles. The first-order valence-corrected chi connectivity index (χ1v) is 17.0. The van der Waals surface area contributed by atoms with Gasteiger partial charge < -0.3 is 23.1 Å². The lowest BCUT2D eigenvalue weighted by molar-refractivity contribution is -0.157. The van der Waals surface area contributed by atoms with Gasteiger partial charge in [-0.2, -0.15) is 0 Å². The molecule has 2 aliphatic rings. The Morgan fingerprint density at radius 2 is 1.74 bits per heavy atom. The number of esters is 1. The third-order valence-corrected chi connectivity index (χ3v) is 16.5. The first kappa shape index (κ1) is 26.6. The Morgan fingerprint density at radius 3 is 2.23 bits per heavy atom. The van der Waals surface area contributed by atoms with Gasteiger partial charge in [-0.05, 0) is 49.1 Å². The van der Waals surface area contributed by atoms with Gasteiger partial charge in [0, 0.05) is 12.3 Å². The lowest BCUT2D eigenvalue weighted by Gasteiger charge is -2.41. The van der Waals surface area contributed by atoms with E-state index in [1.165, 1.54) is 7.11 Å². The van der Waals surface area contributed by atoms with Crippen molar-refractivity contribution in [2.24, 2.45) is 0 Å². The maximum absolute atomic E-state index is 11.8. The highest BCUT2D eigenvalue weighted by atomic mass is 28.4. The van der Waals surface area contributed by atoms with E-state index in [2.05, 4.69) is 66.5 Å². The molecule has 0 aliphatic carbocycles. The van der Waals surface area contributed by atoms with Crippen LogP contribution in [0.5, 0.6) is 0 Å². The molecule has 5 atom stereocenters. The summed E-state index contributed by atoms with van der Waals surface area (Å²) in [6, 6.07) is 2.88. The third-order valence-electron chi connectivity index (χ3n) is 7.43. The van der Waals surface area contributed by atoms with Crippen molar-refractivity contribution in [3.05, 3.63) is 0 Å². The van der Waals surface area contributed by atoms with E-state index in [4.69, 9.17) is 23.1 Å². The average molecular weight is 471 g/mol. The second-order valence-corrected chi connectivity index (χ2v) is 19.8. The van der Waals surface area contributed by atoms with Gasteiger partial charge in [0.15, 0.2) is 16.6 Å². The summed E-state index contributed by atoms with van der Waals surface area (Å²) >= 11 is 0. The number of hydrogen-bond donors (Lipinski definition) is 0. The molecule has 178 valence electrons. The molecule has 8 heteroatoms. The zero-order valence-electron chi connectivity index (χ0n) is 21.1. The molecule has 0 radical (unpaired) electrons. The van der Waals surface area contributed by atoms with Gasteiger partial charge in [0.2, 0.25) is 5.79 Å². The monoisotopic (exact) mass is 470 g/mol. The van der Waals surface area contributed by atoms with Crippen molar-refractivity contribution in [2.45, 2.75) is 121 Å². The van der Waals surface area contributed by atoms with Crippen molar-refractivity contribution in [2.75, 3.05) is 7.11 Å². The number of methoxy groups -OCH3 is 1. The largest absolute Gasteiger partial charge is 0.459 e. The SMILES string of the molecule is CC[Si](CC)(CC)O[C@@]1(C#CC(=O)OC)C[C@H]2O[C@H](C)[C@H](O[Si](C)(C)C(C)(C)C)[C@H]2O1. The van der Waals surface area contributed by atoms with E-state index in [0.29, 0.717) is 6.42 Å². The molecule has 0 bridgehead atoms. The lowest BCUT2D eigenvalue weighted by atomic mass is 10.1. The molecular weight excluding hydrogens is 428 g/mol. The molecule has 0 N–H and O–H groups in total. The van der Waals surface area contributed by atoms with Gasteiger partial charge in [0.1, 0.15) is 6.10 Å². The van der Waals surface area contributed by atoms with E-state index in [9.17, 15) is 4.79 Å². The minimum absolute atomic E-state index is 0.0683. The summed E-state index contributed by atoms with van der Waals surface area (Å²) in [7, 11) is -2.77. The summed E-state index contributed by atoms with van der Waals surface area (Å²) in [5.41, 5.74) is 0. The van der Waals surface area contributed by atoms with Crippen LogP contribution >= 0.6 is 0 Å². The van der Waals surface area contributed by atoms with E-state index in [1.807, 2.05) is 6.92 Å². The Bertz CT molecular complexity index is 695. The van der Waals surface area contributed by atoms with Crippen LogP contribution in [0.1, 0.15) is 54.9 Å². The Morgan fingerprint density at radius 1 is 1.16 bits per heavy atom. The summed E-state index contributed by atoms with van der Waals surface area (Å²) in [6.07, 6.45) is -0.223. The van der Waals surface area contributed by atoms with E-state index in [-0.39, 0.29) is 29.5 Å². The van der Waals surface area contributed by atoms with Gasteiger partial charge in [-0.3, -0.25) is 0 Å². The van der Waals surface area contributed by atoms with Crippen molar-refractivity contribution in [1.82, 2.24) is 0 Å². The topological polar surface area (TPSA) is 63.2 Å². The molecule has 2 aliphatic heterocycles. The van der Waals surface area contributed by atoms with Crippen LogP contribution in [0.2, 0.25) is 36.3 Å². The average Bonchev–Trinajstić information content (AvgIpc) is 3.18. The number of hydrogen-bond acceptors (Lipinski definition) is 6. The highest BCUT2D eigenvalue weighted by molar-refractivity contribution is 6.74. The van der Waals surface area contributed by atoms with Crippen LogP contribution in [0, 0.1) is 11.8 Å². The molecule has 0 amide bonds. The molecule has 2 fully saturated rings. The molecule has 0 spiro atoms. The normalized spacial score (nSPS) is 31.2. The second kappa shape index (κ2) is 9.66. The molecular formula is C23H42O6Si2. The number of carbonyl (C=O) groups is 1. The first-order chi connectivity index (χ1) is 14.3. The van der Waals surface area contributed by atoms with E-state index < -0.39 is 28.4 Å². The molecule has 0 saturated carbocycles. The number of ether oxygens (including phenoxy) is 3. The van der Waals surface area contributed by atoms with Crippen LogP contribution in [0.3, 0.4) is 0 Å². The fourth-order valence-electron chi connectivity index (χ4n) is 4.11. The van der Waals surface area contributed by atoms with Gasteiger partial charge in [0.25, 0.3) is 0 Å². The molecule has 0 aromatic rings. The second-order valence-electron chi connectivity index (χ2n) is 10.3. The molecule has 2 rings (SSSR count). The van der Waals surface area contributed by atoms with E-state index >= 15 is 0 Å². The van der Waals surface area contributed by atoms with Crippen molar-refractivity contribution in [3.8, 4) is 11.8 Å². The molecule has 31 heavy (non-hydrogen) atoms. The standard InChI is InChI=1S/C23H42O6Si2/c1-11-31(12-2,13-3)29-23(15-14-19(24)25-8)16-18-21(27-23)20(17(4)26-18)28-30(9,10)22(5,6)7/h17-18,20-21H,11-13,16H2,1-10H3/t17-,18-,20+,21+,23+/m1/s1. The van der Waals surface area contributed by atoms with Crippen LogP contribution in [-0.4, -0.2) is 59.9 Å². The molecule has 2 saturated heterocycles. The van der Waals surface area contributed by atoms with Crippen LogP contribution in [-0.2, 0) is 27.9 Å². The minimum atomic E-state index is -2.07. The zero-order valence-corrected chi connectivity index (χ0v) is 23.1. The van der Waals surface area contributed by atoms with Crippen LogP contribution in [0.4, 0.5) is 0 Å². The van der Waals surface area contributed by atoms with Gasteiger partial charge in [-0.1, -0.05) is 41.5 Å². The maximum Gasteiger partial charge on any atom is 0.384 e. The van der Waals surface area contributed by atoms with Crippen LogP contribution < -0.4 is 0 Å². The summed E-state index contributed by atoms with van der Waals surface area (Å²) in [6.45, 7) is 19.7. The lowest BCUT2D eigenvalue weighted by Crippen LogP contribution is -2.51. The molecule has 2 heterocycles. The fraction of sp³-hybridized carbons (Fsp3) is 0.870. The highest BCUT2D eigenvalue weighted by Crippen LogP contribution is 2.46. The Labute approximate surface area is 190 Å². The van der Waals surface area contributed by atoms with Gasteiger partial charge in [-0.15, -0.1) is 0 Å². The smallest absolute Gasteiger partial charge is 0.384 e. The number of rotatable bonds is 7. The first-order valence-electron chi connectivity index (χ1n) is 11.6. The summed E-state index contributed by atoms with van der Waals surface area (Å²) in [4.78, 5) is 11.8. The molecule has 6 nitrogen and oxygen atoms in total. The zero-order chi connectivity index (χ0) is 23.7. The summed E-state index contributed by atoms with van der Waals surface area (Å²) < 4.78 is 31.1. The van der Waals surface area contributed by atoms with E-state index in [0.717, 1.165) is 18.1 Å². The van der Waals surface area contributed by atoms with Crippen molar-refractivity contribution < 1.29 is 27.9 Å². The quantitative estimate of drug-likeness (QED) is 0.229. The Kier molecular flexibility index (Phi) is 8.27. The predicted molar refractivity (Wildman–Crippen MR) is 127 cm³/mol. The van der Waals surface area contributed by atoms with Gasteiger partial charge in [0.05, 0.1) is 25.4 Å². The van der Waals surface area contributed by atoms with Crippen molar-refractivity contribution in [3.63, 3.8) is 0 Å². The van der Waals surface area contributed by atoms with Crippen LogP contribution in [0.15, 0.2) is 0 Å². The number of fused-ring (bicyclic) bond motifs is 1. The van der Waals surface area contributed by atoms with Crippen molar-refractivity contribution in [1.29, 1.82) is 0 Å². The van der Waals surface area contributed by atoms with E-state index in [1.54, 1.807) is 0 Å².